The summed E-state index contributed by atoms with van der Waals surface area (Å²) in [5.74, 6) is -0.00616. The Balaban J connectivity index is 1.29. The topological polar surface area (TPSA) is 154 Å². The molecule has 13 nitrogen and oxygen atoms in total. The third-order valence-electron chi connectivity index (χ3n) is 5.85. The number of hydrogen-bond donors (Lipinski definition) is 3. The van der Waals surface area contributed by atoms with E-state index in [1.807, 2.05) is 6.07 Å². The molecule has 1 aromatic heterocycles. The van der Waals surface area contributed by atoms with Gasteiger partial charge < -0.3 is 0 Å². The van der Waals surface area contributed by atoms with Crippen LogP contribution in [0.1, 0.15) is 17.3 Å². The number of aromatic nitrogens is 2. The molecule has 3 aliphatic rings. The summed E-state index contributed by atoms with van der Waals surface area (Å²) in [5, 5.41) is 17.0. The van der Waals surface area contributed by atoms with Crippen molar-refractivity contribution in [1.82, 2.24) is 9.97 Å². The average molecular weight is 505 g/mol. The third kappa shape index (κ3) is 4.81. The van der Waals surface area contributed by atoms with Gasteiger partial charge in [0.15, 0.2) is 0 Å². The summed E-state index contributed by atoms with van der Waals surface area (Å²) in [6, 6.07) is 8.79. The van der Waals surface area contributed by atoms with Gasteiger partial charge in [0.05, 0.1) is 0 Å². The van der Waals surface area contributed by atoms with Gasteiger partial charge in [-0.2, -0.15) is 0 Å². The molecule has 3 aliphatic heterocycles. The van der Waals surface area contributed by atoms with Crippen molar-refractivity contribution in [1.29, 1.82) is 0 Å². The van der Waals surface area contributed by atoms with Crippen molar-refractivity contribution in [3.8, 4) is 0 Å². The number of benzene rings is 1. The van der Waals surface area contributed by atoms with E-state index < -0.39 is 38.3 Å². The zero-order chi connectivity index (χ0) is 24.6. The number of fused-ring (bicyclic) bond motifs is 2. The molecule has 3 unspecified atom stereocenters. The van der Waals surface area contributed by atoms with E-state index in [4.69, 9.17) is 23.0 Å². The molecular weight excluding hydrogens is 480 g/mol. The van der Waals surface area contributed by atoms with E-state index in [2.05, 4.69) is 20.6 Å². The average Bonchev–Trinajstić information content (AvgIpc) is 3.41. The fourth-order valence-corrected chi connectivity index (χ4v) is 5.88. The SMILES string of the molecule is B[PH]1(OCOC(C)=O)OCC2OC(N3CNc4c(NC(=O)c5ccccc5)ncnc43)C(O)[C@@H]2O1. The zero-order valence-corrected chi connectivity index (χ0v) is 20.0. The van der Waals surface area contributed by atoms with Crippen LogP contribution in [-0.4, -0.2) is 79.1 Å². The van der Waals surface area contributed by atoms with Crippen LogP contribution in [0.4, 0.5) is 17.3 Å². The Morgan fingerprint density at radius 1 is 1.34 bits per heavy atom. The fraction of sp³-hybridized carbons (Fsp3) is 0.400. The van der Waals surface area contributed by atoms with Crippen LogP contribution in [0.15, 0.2) is 36.7 Å². The Bertz CT molecular complexity index is 1120. The molecule has 0 spiro atoms. The van der Waals surface area contributed by atoms with E-state index in [0.29, 0.717) is 22.9 Å². The van der Waals surface area contributed by atoms with E-state index in [0.717, 1.165) is 0 Å². The van der Waals surface area contributed by atoms with Crippen molar-refractivity contribution >= 4 is 44.6 Å². The van der Waals surface area contributed by atoms with Gasteiger partial charge in [0.25, 0.3) is 0 Å². The first-order chi connectivity index (χ1) is 16.8. The summed E-state index contributed by atoms with van der Waals surface area (Å²) in [7, 11) is -1.49. The van der Waals surface area contributed by atoms with Crippen LogP contribution in [0.25, 0.3) is 0 Å². The van der Waals surface area contributed by atoms with Crippen molar-refractivity contribution in [3.63, 3.8) is 0 Å². The van der Waals surface area contributed by atoms with Gasteiger partial charge in [0.2, 0.25) is 0 Å². The Kier molecular flexibility index (Phi) is 6.58. The van der Waals surface area contributed by atoms with Gasteiger partial charge in [-0.25, -0.2) is 0 Å². The van der Waals surface area contributed by atoms with Crippen molar-refractivity contribution in [2.24, 2.45) is 0 Å². The molecule has 186 valence electrons. The van der Waals surface area contributed by atoms with Crippen molar-refractivity contribution in [3.05, 3.63) is 42.2 Å². The summed E-state index contributed by atoms with van der Waals surface area (Å²) < 4.78 is 28.2. The van der Waals surface area contributed by atoms with Crippen LogP contribution in [0.3, 0.4) is 0 Å². The number of aliphatic hydroxyl groups is 1. The molecule has 2 aromatic rings. The van der Waals surface area contributed by atoms with Crippen LogP contribution in [0.2, 0.25) is 0 Å². The molecule has 1 amide bonds. The summed E-state index contributed by atoms with van der Waals surface area (Å²) >= 11 is 0. The number of amides is 1. The normalized spacial score (nSPS) is 27.3. The van der Waals surface area contributed by atoms with Crippen LogP contribution in [0.5, 0.6) is 0 Å². The van der Waals surface area contributed by atoms with Gasteiger partial charge in [-0.15, -0.1) is 0 Å². The van der Waals surface area contributed by atoms with Gasteiger partial charge in [-0.3, -0.25) is 0 Å². The van der Waals surface area contributed by atoms with Crippen LogP contribution >= 0.6 is 7.82 Å². The minimum atomic E-state index is -3.16. The number of anilines is 3. The van der Waals surface area contributed by atoms with Crippen molar-refractivity contribution in [2.45, 2.75) is 31.5 Å². The number of nitrogens with one attached hydrogen (secondary N) is 2. The standard InChI is InChI=1S/C20H25BN5O8P/c1-11(27)30-10-32-35(21)31-7-13-16(34-35)15(28)20(33-13)26-9-24-14-17(22-8-23-18(14)26)25-19(29)12-5-3-2-4-6-12/h2-6,8,13,15-16,20,24,28,35H,7,9-10,21H2,1H3,(H,22,23,25,29)/t13?,15?,16-,20?/m1/s1. The molecule has 5 rings (SSSR count). The quantitative estimate of drug-likeness (QED) is 0.210. The maximum atomic E-state index is 12.6. The van der Waals surface area contributed by atoms with Gasteiger partial charge in [0, 0.05) is 0 Å². The first kappa shape index (κ1) is 23.9. The van der Waals surface area contributed by atoms with Gasteiger partial charge in [-0.1, -0.05) is 18.2 Å². The molecule has 3 N–H and O–H groups in total. The molecule has 15 heteroatoms. The number of carbonyl (C=O) groups is 2. The summed E-state index contributed by atoms with van der Waals surface area (Å²) in [6.07, 6.45) is -1.74. The van der Waals surface area contributed by atoms with E-state index in [1.165, 1.54) is 13.3 Å². The van der Waals surface area contributed by atoms with Crippen LogP contribution in [-0.2, 0) is 27.8 Å². The number of nitrogens with zero attached hydrogens (tertiary/aromatic N) is 3. The second-order valence-electron chi connectivity index (χ2n) is 8.26. The number of carbonyl (C=O) groups excluding carboxylic acids is 2. The second kappa shape index (κ2) is 9.65. The molecule has 35 heavy (non-hydrogen) atoms. The molecule has 2 fully saturated rings. The number of hydrogen-bond acceptors (Lipinski definition) is 12. The summed E-state index contributed by atoms with van der Waals surface area (Å²) in [5.41, 5.74) is 1.01. The Morgan fingerprint density at radius 3 is 2.91 bits per heavy atom. The summed E-state index contributed by atoms with van der Waals surface area (Å²) in [4.78, 5) is 33.9. The van der Waals surface area contributed by atoms with E-state index in [1.54, 1.807) is 36.7 Å². The zero-order valence-electron chi connectivity index (χ0n) is 19.0. The predicted molar refractivity (Wildman–Crippen MR) is 127 cm³/mol. The number of ether oxygens (including phenoxy) is 2. The molecule has 4 heterocycles. The molecule has 2 saturated heterocycles. The number of esters is 1. The first-order valence-electron chi connectivity index (χ1n) is 11.0. The third-order valence-corrected chi connectivity index (χ3v) is 7.89. The number of aliphatic hydroxyl groups excluding tert-OH is 1. The van der Waals surface area contributed by atoms with Crippen molar-refractivity contribution in [2.75, 3.05) is 35.6 Å². The first-order valence-corrected chi connectivity index (χ1v) is 13.2. The molecular formula is C20H25BN5O8P. The van der Waals surface area contributed by atoms with Gasteiger partial charge in [-0.05, 0) is 0 Å². The second-order valence-corrected chi connectivity index (χ2v) is 10.8. The Hall–Kier alpha value is -2.87. The predicted octanol–water partition coefficient (Wildman–Crippen LogP) is -0.000300. The maximum absolute atomic E-state index is 12.6. The van der Waals surface area contributed by atoms with E-state index in [-0.39, 0.29) is 26.0 Å². The van der Waals surface area contributed by atoms with E-state index in [9.17, 15) is 14.7 Å². The monoisotopic (exact) mass is 505 g/mol. The van der Waals surface area contributed by atoms with Crippen LogP contribution in [0, 0.1) is 0 Å². The Morgan fingerprint density at radius 2 is 2.14 bits per heavy atom. The van der Waals surface area contributed by atoms with Gasteiger partial charge >= 0.3 is 183 Å². The molecule has 0 saturated carbocycles. The molecule has 0 radical (unpaired) electrons. The molecule has 1 aromatic carbocycles. The van der Waals surface area contributed by atoms with Crippen molar-refractivity contribution < 1.29 is 37.7 Å². The summed E-state index contributed by atoms with van der Waals surface area (Å²) in [6.45, 7) is 1.39. The number of rotatable bonds is 6. The van der Waals surface area contributed by atoms with Crippen LogP contribution < -0.4 is 15.5 Å². The fourth-order valence-electron chi connectivity index (χ4n) is 4.14. The Labute approximate surface area is 202 Å². The molecule has 0 bridgehead atoms. The minimum absolute atomic E-state index is 0.150. The molecule has 4 atom stereocenters. The molecule has 0 aliphatic carbocycles. The van der Waals surface area contributed by atoms with E-state index >= 15 is 0 Å². The van der Waals surface area contributed by atoms with Gasteiger partial charge in [0.1, 0.15) is 0 Å².